The van der Waals surface area contributed by atoms with Crippen LogP contribution in [0.1, 0.15) is 29.7 Å². The summed E-state index contributed by atoms with van der Waals surface area (Å²) in [5.41, 5.74) is 3.73. The van der Waals surface area contributed by atoms with E-state index in [1.807, 2.05) is 31.0 Å². The number of hydrogen-bond donors (Lipinski definition) is 0. The fourth-order valence-corrected chi connectivity index (χ4v) is 2.88. The highest BCUT2D eigenvalue weighted by Gasteiger charge is 2.28. The molecule has 3 rings (SSSR count). The van der Waals surface area contributed by atoms with E-state index in [2.05, 4.69) is 16.2 Å². The number of ether oxygens (including phenoxy) is 1. The molecule has 5 nitrogen and oxygen atoms in total. The minimum atomic E-state index is 0.354. The molecule has 1 atom stereocenters. The lowest BCUT2D eigenvalue weighted by molar-refractivity contribution is 0.104. The third-order valence-corrected chi connectivity index (χ3v) is 3.71. The molecule has 0 radical (unpaired) electrons. The molecule has 0 aliphatic carbocycles. The van der Waals surface area contributed by atoms with E-state index in [4.69, 9.17) is 9.15 Å². The molecule has 0 bridgehead atoms. The number of rotatable bonds is 5. The van der Waals surface area contributed by atoms with Crippen LogP contribution in [0.25, 0.3) is 0 Å². The predicted molar refractivity (Wildman–Crippen MR) is 75.3 cm³/mol. The number of nitrogens with zero attached hydrogens (tertiary/aromatic N) is 3. The zero-order valence-corrected chi connectivity index (χ0v) is 12.1. The number of furan rings is 1. The first-order valence-electron chi connectivity index (χ1n) is 7.10. The van der Waals surface area contributed by atoms with Crippen molar-refractivity contribution in [3.8, 4) is 0 Å². The molecule has 108 valence electrons. The van der Waals surface area contributed by atoms with Crippen LogP contribution < -0.4 is 0 Å². The Hall–Kier alpha value is -1.59. The lowest BCUT2D eigenvalue weighted by atomic mass is 9.97. The zero-order valence-electron chi connectivity index (χ0n) is 12.1. The molecular formula is C15H21N3O2. The summed E-state index contributed by atoms with van der Waals surface area (Å²) in [6, 6.07) is 2.02. The van der Waals surface area contributed by atoms with Crippen LogP contribution in [0.15, 0.2) is 29.2 Å². The Morgan fingerprint density at radius 3 is 3.15 bits per heavy atom. The first kappa shape index (κ1) is 13.4. The highest BCUT2D eigenvalue weighted by molar-refractivity contribution is 5.25. The summed E-state index contributed by atoms with van der Waals surface area (Å²) in [4.78, 5) is 2.43. The maximum absolute atomic E-state index is 5.63. The van der Waals surface area contributed by atoms with Gasteiger partial charge in [0, 0.05) is 56.5 Å². The van der Waals surface area contributed by atoms with E-state index in [9.17, 15) is 0 Å². The third-order valence-electron chi connectivity index (χ3n) is 3.71. The van der Waals surface area contributed by atoms with Crippen molar-refractivity contribution < 1.29 is 9.15 Å². The van der Waals surface area contributed by atoms with Crippen LogP contribution >= 0.6 is 0 Å². The van der Waals surface area contributed by atoms with Gasteiger partial charge >= 0.3 is 0 Å². The summed E-state index contributed by atoms with van der Waals surface area (Å²) in [5, 5.41) is 4.61. The standard InChI is InChI=1S/C15H21N3O2/c1-3-19-11-14-9-18(6-12-4-5-20-10-12)8-13-7-17(2)16-15(13)14/h4-5,7,10,14H,3,6,8-9,11H2,1-2H3/t14-/m0/s1. The summed E-state index contributed by atoms with van der Waals surface area (Å²) in [7, 11) is 1.98. The summed E-state index contributed by atoms with van der Waals surface area (Å²) in [5.74, 6) is 0.354. The Labute approximate surface area is 119 Å². The number of aromatic nitrogens is 2. The van der Waals surface area contributed by atoms with Gasteiger partial charge in [0.15, 0.2) is 0 Å². The van der Waals surface area contributed by atoms with Crippen LogP contribution in [0.2, 0.25) is 0 Å². The molecular weight excluding hydrogens is 254 g/mol. The molecule has 0 N–H and O–H groups in total. The largest absolute Gasteiger partial charge is 0.472 e. The van der Waals surface area contributed by atoms with Gasteiger partial charge in [-0.1, -0.05) is 0 Å². The van der Waals surface area contributed by atoms with Crippen molar-refractivity contribution in [2.45, 2.75) is 25.9 Å². The minimum absolute atomic E-state index is 0.354. The first-order valence-corrected chi connectivity index (χ1v) is 7.10. The maximum atomic E-state index is 5.63. The average molecular weight is 275 g/mol. The van der Waals surface area contributed by atoms with Crippen LogP contribution in [0.5, 0.6) is 0 Å². The molecule has 20 heavy (non-hydrogen) atoms. The van der Waals surface area contributed by atoms with Crippen molar-refractivity contribution in [1.29, 1.82) is 0 Å². The first-order chi connectivity index (χ1) is 9.76. The third kappa shape index (κ3) is 2.78. The molecule has 0 spiro atoms. The molecule has 0 saturated carbocycles. The average Bonchev–Trinajstić information content (AvgIpc) is 3.04. The Morgan fingerprint density at radius 1 is 1.50 bits per heavy atom. The van der Waals surface area contributed by atoms with Gasteiger partial charge in [-0.2, -0.15) is 5.10 Å². The molecule has 3 heterocycles. The number of aryl methyl sites for hydroxylation is 1. The molecule has 0 saturated heterocycles. The lowest BCUT2D eigenvalue weighted by Gasteiger charge is -2.31. The molecule has 2 aromatic rings. The minimum Gasteiger partial charge on any atom is -0.472 e. The second-order valence-electron chi connectivity index (χ2n) is 5.37. The van der Waals surface area contributed by atoms with Crippen LogP contribution in [0.3, 0.4) is 0 Å². The van der Waals surface area contributed by atoms with E-state index in [1.165, 1.54) is 16.8 Å². The van der Waals surface area contributed by atoms with Gasteiger partial charge in [-0.05, 0) is 13.0 Å². The van der Waals surface area contributed by atoms with Crippen molar-refractivity contribution in [2.24, 2.45) is 7.05 Å². The second-order valence-corrected chi connectivity index (χ2v) is 5.37. The quantitative estimate of drug-likeness (QED) is 0.838. The highest BCUT2D eigenvalue weighted by Crippen LogP contribution is 2.28. The Kier molecular flexibility index (Phi) is 3.89. The van der Waals surface area contributed by atoms with E-state index in [-0.39, 0.29) is 0 Å². The molecule has 5 heteroatoms. The second kappa shape index (κ2) is 5.81. The molecule has 1 aliphatic heterocycles. The van der Waals surface area contributed by atoms with Crippen molar-refractivity contribution >= 4 is 0 Å². The Bertz CT molecular complexity index is 547. The lowest BCUT2D eigenvalue weighted by Crippen LogP contribution is -2.34. The Morgan fingerprint density at radius 2 is 2.40 bits per heavy atom. The summed E-state index contributed by atoms with van der Waals surface area (Å²) in [6.45, 7) is 6.35. The van der Waals surface area contributed by atoms with Crippen molar-refractivity contribution in [2.75, 3.05) is 19.8 Å². The molecule has 0 unspecified atom stereocenters. The normalized spacial score (nSPS) is 19.2. The fraction of sp³-hybridized carbons (Fsp3) is 0.533. The van der Waals surface area contributed by atoms with E-state index in [0.29, 0.717) is 5.92 Å². The van der Waals surface area contributed by atoms with E-state index in [0.717, 1.165) is 32.8 Å². The summed E-state index contributed by atoms with van der Waals surface area (Å²) in [6.07, 6.45) is 5.67. The molecule has 0 fully saturated rings. The van der Waals surface area contributed by atoms with Gasteiger partial charge in [-0.15, -0.1) is 0 Å². The van der Waals surface area contributed by atoms with Gasteiger partial charge in [0.25, 0.3) is 0 Å². The molecule has 1 aliphatic rings. The smallest absolute Gasteiger partial charge is 0.0947 e. The van der Waals surface area contributed by atoms with Crippen molar-refractivity contribution in [3.63, 3.8) is 0 Å². The Balaban J connectivity index is 1.76. The molecule has 0 aromatic carbocycles. The summed E-state index contributed by atoms with van der Waals surface area (Å²) < 4.78 is 12.7. The van der Waals surface area contributed by atoms with Gasteiger partial charge in [0.2, 0.25) is 0 Å². The van der Waals surface area contributed by atoms with Gasteiger partial charge in [0.1, 0.15) is 0 Å². The van der Waals surface area contributed by atoms with Crippen molar-refractivity contribution in [1.82, 2.24) is 14.7 Å². The monoisotopic (exact) mass is 275 g/mol. The van der Waals surface area contributed by atoms with Crippen LogP contribution in [-0.2, 0) is 24.9 Å². The van der Waals surface area contributed by atoms with Gasteiger partial charge in [0.05, 0.1) is 24.8 Å². The van der Waals surface area contributed by atoms with Gasteiger partial charge < -0.3 is 9.15 Å². The highest BCUT2D eigenvalue weighted by atomic mass is 16.5. The molecule has 2 aromatic heterocycles. The SMILES string of the molecule is CCOC[C@@H]1CN(Cc2ccoc2)Cc2cn(C)nc21. The zero-order chi connectivity index (χ0) is 13.9. The predicted octanol–water partition coefficient (Wildman–Crippen LogP) is 2.15. The number of fused-ring (bicyclic) bond motifs is 1. The van der Waals surface area contributed by atoms with Crippen molar-refractivity contribution in [3.05, 3.63) is 41.6 Å². The molecule has 0 amide bonds. The van der Waals surface area contributed by atoms with Crippen LogP contribution in [0.4, 0.5) is 0 Å². The number of hydrogen-bond acceptors (Lipinski definition) is 4. The van der Waals surface area contributed by atoms with E-state index < -0.39 is 0 Å². The topological polar surface area (TPSA) is 43.4 Å². The van der Waals surface area contributed by atoms with E-state index in [1.54, 1.807) is 6.26 Å². The van der Waals surface area contributed by atoms with Gasteiger partial charge in [-0.25, -0.2) is 0 Å². The maximum Gasteiger partial charge on any atom is 0.0947 e. The van der Waals surface area contributed by atoms with Crippen LogP contribution in [-0.4, -0.2) is 34.4 Å². The summed E-state index contributed by atoms with van der Waals surface area (Å²) >= 11 is 0. The fourth-order valence-electron chi connectivity index (χ4n) is 2.88. The van der Waals surface area contributed by atoms with E-state index >= 15 is 0 Å². The van der Waals surface area contributed by atoms with Crippen LogP contribution in [0, 0.1) is 0 Å². The van der Waals surface area contributed by atoms with Gasteiger partial charge in [-0.3, -0.25) is 9.58 Å².